The van der Waals surface area contributed by atoms with Gasteiger partial charge >= 0.3 is 13.3 Å². The Kier molecular flexibility index (Phi) is 15.9. The van der Waals surface area contributed by atoms with Crippen LogP contribution < -0.4 is 11.4 Å². The van der Waals surface area contributed by atoms with E-state index in [0.717, 1.165) is 4.57 Å². The lowest BCUT2D eigenvalue weighted by Gasteiger charge is -2.16. The molecule has 0 radical (unpaired) electrons. The van der Waals surface area contributed by atoms with Crippen molar-refractivity contribution in [2.75, 3.05) is 18.7 Å². The van der Waals surface area contributed by atoms with Crippen molar-refractivity contribution in [3.63, 3.8) is 0 Å². The molecule has 13 nitrogen and oxygen atoms in total. The molecule has 134 valence electrons. The maximum atomic E-state index is 11.4. The van der Waals surface area contributed by atoms with Crippen molar-refractivity contribution in [2.24, 2.45) is 0 Å². The lowest BCUT2D eigenvalue weighted by atomic mass is 10.3. The number of hydrogen-bond donors (Lipinski definition) is 4. The van der Waals surface area contributed by atoms with Gasteiger partial charge in [-0.15, -0.1) is 0 Å². The van der Waals surface area contributed by atoms with E-state index in [1.807, 2.05) is 0 Å². The molecule has 1 atom stereocenters. The summed E-state index contributed by atoms with van der Waals surface area (Å²) in [5.41, 5.74) is 4.67. The molecule has 0 saturated heterocycles. The molecule has 0 aliphatic rings. The molecule has 0 saturated carbocycles. The van der Waals surface area contributed by atoms with Gasteiger partial charge in [-0.3, -0.25) is 9.13 Å². The fourth-order valence-electron chi connectivity index (χ4n) is 1.17. The largest absolute Gasteiger partial charge is 0.412 e. The third-order valence-electron chi connectivity index (χ3n) is 1.98. The quantitative estimate of drug-likeness (QED) is 0.359. The lowest BCUT2D eigenvalue weighted by molar-refractivity contribution is 0.0188. The number of nitrogen functional groups attached to an aromatic ring is 1. The predicted octanol–water partition coefficient (Wildman–Crippen LogP) is -4.96. The summed E-state index contributed by atoms with van der Waals surface area (Å²) in [6, 6.07) is 1.39. The first kappa shape index (κ1) is 28.7. The Hall–Kier alpha value is -1.41. The van der Waals surface area contributed by atoms with Crippen LogP contribution in [0.1, 0.15) is 0 Å². The highest BCUT2D eigenvalue weighted by atomic mass is 31.2. The first-order valence-electron chi connectivity index (χ1n) is 4.92. The van der Waals surface area contributed by atoms with Gasteiger partial charge in [0.25, 0.3) is 0 Å². The van der Waals surface area contributed by atoms with E-state index < -0.39 is 32.3 Å². The molecule has 1 rings (SSSR count). The minimum absolute atomic E-state index is 0. The Morgan fingerprint density at radius 1 is 1.32 bits per heavy atom. The van der Waals surface area contributed by atoms with Crippen molar-refractivity contribution >= 4 is 13.4 Å². The number of rotatable bonds is 6. The average Bonchev–Trinajstić information content (AvgIpc) is 2.25. The SMILES string of the molecule is Nc1ccn(C[C@@H](CO)OCP(=O)(O)O)c(=O)n1.O.O.O.O. The fraction of sp³-hybridized carbons (Fsp3) is 0.500. The van der Waals surface area contributed by atoms with Crippen molar-refractivity contribution in [1.29, 1.82) is 0 Å². The van der Waals surface area contributed by atoms with E-state index in [2.05, 4.69) is 4.98 Å². The number of anilines is 1. The molecule has 0 aromatic carbocycles. The zero-order valence-electron chi connectivity index (χ0n) is 11.3. The summed E-state index contributed by atoms with van der Waals surface area (Å²) >= 11 is 0. The van der Waals surface area contributed by atoms with Gasteiger partial charge in [0.05, 0.1) is 19.3 Å². The van der Waals surface area contributed by atoms with Gasteiger partial charge in [-0.05, 0) is 6.07 Å². The van der Waals surface area contributed by atoms with Crippen LogP contribution in [0.25, 0.3) is 0 Å². The second-order valence-electron chi connectivity index (χ2n) is 3.55. The van der Waals surface area contributed by atoms with Crippen LogP contribution in [0.5, 0.6) is 0 Å². The number of hydrogen-bond acceptors (Lipinski definition) is 6. The highest BCUT2D eigenvalue weighted by Crippen LogP contribution is 2.34. The minimum atomic E-state index is -4.31. The van der Waals surface area contributed by atoms with Crippen LogP contribution in [-0.4, -0.2) is 65.4 Å². The maximum Gasteiger partial charge on any atom is 0.350 e. The molecule has 0 unspecified atom stereocenters. The Morgan fingerprint density at radius 2 is 1.86 bits per heavy atom. The number of ether oxygens (including phenoxy) is 1. The summed E-state index contributed by atoms with van der Waals surface area (Å²) in [5, 5.41) is 8.99. The summed E-state index contributed by atoms with van der Waals surface area (Å²) in [6.07, 6.45) is -0.385. The summed E-state index contributed by atoms with van der Waals surface area (Å²) in [7, 11) is -4.31. The molecule has 14 heteroatoms. The second-order valence-corrected chi connectivity index (χ2v) is 5.14. The smallest absolute Gasteiger partial charge is 0.350 e. The number of nitrogens with zero attached hydrogens (tertiary/aromatic N) is 2. The maximum absolute atomic E-state index is 11.4. The number of nitrogens with two attached hydrogens (primary N) is 1. The van der Waals surface area contributed by atoms with E-state index in [1.54, 1.807) is 0 Å². The average molecular weight is 351 g/mol. The lowest BCUT2D eigenvalue weighted by Crippen LogP contribution is -2.32. The third kappa shape index (κ3) is 10.3. The molecule has 0 aliphatic heterocycles. The molecule has 13 N–H and O–H groups in total. The minimum Gasteiger partial charge on any atom is -0.412 e. The van der Waals surface area contributed by atoms with Gasteiger partial charge in [-0.1, -0.05) is 0 Å². The predicted molar refractivity (Wildman–Crippen MR) is 76.2 cm³/mol. The molecule has 1 aromatic rings. The van der Waals surface area contributed by atoms with Crippen LogP contribution in [0.4, 0.5) is 5.82 Å². The van der Waals surface area contributed by atoms with Gasteiger partial charge in [0, 0.05) is 6.20 Å². The second kappa shape index (κ2) is 12.2. The van der Waals surface area contributed by atoms with Gasteiger partial charge in [-0.2, -0.15) is 4.98 Å². The van der Waals surface area contributed by atoms with E-state index in [-0.39, 0.29) is 34.3 Å². The fourth-order valence-corrected chi connectivity index (χ4v) is 1.57. The van der Waals surface area contributed by atoms with E-state index in [9.17, 15) is 9.36 Å². The number of aliphatic hydroxyl groups is 1. The first-order chi connectivity index (χ1) is 8.31. The van der Waals surface area contributed by atoms with Gasteiger partial charge < -0.3 is 47.3 Å². The molecule has 0 amide bonds. The molecule has 1 aromatic heterocycles. The number of aromatic nitrogens is 2. The van der Waals surface area contributed by atoms with Crippen LogP contribution >= 0.6 is 7.60 Å². The summed E-state index contributed by atoms with van der Waals surface area (Å²) in [4.78, 5) is 32.1. The molecule has 0 aliphatic carbocycles. The molecule has 0 fully saturated rings. The Labute approximate surface area is 124 Å². The molecular weight excluding hydrogens is 329 g/mol. The highest BCUT2D eigenvalue weighted by Gasteiger charge is 2.18. The Bertz CT molecular complexity index is 503. The summed E-state index contributed by atoms with van der Waals surface area (Å²) in [6.45, 7) is -0.570. The van der Waals surface area contributed by atoms with Gasteiger partial charge in [0.2, 0.25) is 0 Å². The molecular formula is C8H22N3O10P. The van der Waals surface area contributed by atoms with Gasteiger partial charge in [0.15, 0.2) is 0 Å². The zero-order chi connectivity index (χ0) is 13.8. The van der Waals surface area contributed by atoms with E-state index in [0.29, 0.717) is 0 Å². The first-order valence-corrected chi connectivity index (χ1v) is 6.71. The molecule has 0 bridgehead atoms. The van der Waals surface area contributed by atoms with Crippen LogP contribution in [0.15, 0.2) is 17.1 Å². The standard InChI is InChI=1S/C8H14N3O6P.4H2O/c9-7-1-2-11(8(13)10-7)3-6(4-12)17-5-18(14,15)16;;;;/h1-2,6,12H,3-5H2,(H2,9,10,13)(H2,14,15,16);4*1H2/t6-;;;;/m0..../s1. The molecule has 22 heavy (non-hydrogen) atoms. The van der Waals surface area contributed by atoms with Gasteiger partial charge in [0.1, 0.15) is 12.2 Å². The number of aliphatic hydroxyl groups excluding tert-OH is 1. The van der Waals surface area contributed by atoms with Crippen LogP contribution in [0.2, 0.25) is 0 Å². The normalized spacial score (nSPS) is 11.0. The van der Waals surface area contributed by atoms with Crippen molar-refractivity contribution in [2.45, 2.75) is 12.6 Å². The summed E-state index contributed by atoms with van der Waals surface area (Å²) < 4.78 is 16.5. The Morgan fingerprint density at radius 3 is 2.27 bits per heavy atom. The highest BCUT2D eigenvalue weighted by molar-refractivity contribution is 7.51. The summed E-state index contributed by atoms with van der Waals surface area (Å²) in [5.74, 6) is 0.0629. The topological polar surface area (TPSA) is 274 Å². The molecule has 0 spiro atoms. The Balaban J connectivity index is -0.000000405. The van der Waals surface area contributed by atoms with Crippen molar-refractivity contribution < 1.29 is 46.1 Å². The van der Waals surface area contributed by atoms with Crippen LogP contribution in [0, 0.1) is 0 Å². The van der Waals surface area contributed by atoms with Crippen molar-refractivity contribution in [3.05, 3.63) is 22.7 Å². The monoisotopic (exact) mass is 351 g/mol. The van der Waals surface area contributed by atoms with E-state index >= 15 is 0 Å². The molecule has 1 heterocycles. The van der Waals surface area contributed by atoms with Crippen LogP contribution in [0.3, 0.4) is 0 Å². The van der Waals surface area contributed by atoms with E-state index in [4.69, 9.17) is 25.4 Å². The van der Waals surface area contributed by atoms with Crippen molar-refractivity contribution in [1.82, 2.24) is 9.55 Å². The van der Waals surface area contributed by atoms with Gasteiger partial charge in [-0.25, -0.2) is 4.79 Å². The third-order valence-corrected chi connectivity index (χ3v) is 2.46. The van der Waals surface area contributed by atoms with E-state index in [1.165, 1.54) is 12.3 Å². The van der Waals surface area contributed by atoms with Crippen LogP contribution in [-0.2, 0) is 15.8 Å². The zero-order valence-corrected chi connectivity index (χ0v) is 12.2. The van der Waals surface area contributed by atoms with Crippen molar-refractivity contribution in [3.8, 4) is 0 Å².